The van der Waals surface area contributed by atoms with Crippen LogP contribution in [0.5, 0.6) is 0 Å². The summed E-state index contributed by atoms with van der Waals surface area (Å²) in [4.78, 5) is 24.1. The van der Waals surface area contributed by atoms with Gasteiger partial charge in [-0.05, 0) is 55.2 Å². The fourth-order valence-corrected chi connectivity index (χ4v) is 4.62. The second-order valence-corrected chi connectivity index (χ2v) is 8.71. The highest BCUT2D eigenvalue weighted by Crippen LogP contribution is 2.40. The maximum Gasteiger partial charge on any atom is 0.159 e. The van der Waals surface area contributed by atoms with Crippen LogP contribution in [0.15, 0.2) is 48.5 Å². The molecule has 0 aliphatic heterocycles. The fraction of sp³-hybridized carbons (Fsp3) is 0.481. The molecule has 0 saturated heterocycles. The number of ketones is 2. The lowest BCUT2D eigenvalue weighted by atomic mass is 9.84. The Bertz CT molecular complexity index is 835. The van der Waals surface area contributed by atoms with Crippen molar-refractivity contribution in [3.63, 3.8) is 0 Å². The Hall–Kier alpha value is -2.26. The molecular weight excluding hydrogens is 372 g/mol. The molecule has 0 heterocycles. The second kappa shape index (κ2) is 10.7. The zero-order valence-corrected chi connectivity index (χ0v) is 18.3. The first-order valence-corrected chi connectivity index (χ1v) is 11.4. The molecule has 3 atom stereocenters. The van der Waals surface area contributed by atoms with Gasteiger partial charge in [0.1, 0.15) is 5.78 Å². The molecule has 1 aliphatic carbocycles. The third-order valence-electron chi connectivity index (χ3n) is 6.51. The quantitative estimate of drug-likeness (QED) is 0.377. The van der Waals surface area contributed by atoms with E-state index in [-0.39, 0.29) is 11.7 Å². The first-order valence-electron chi connectivity index (χ1n) is 11.4. The van der Waals surface area contributed by atoms with Crippen molar-refractivity contribution in [2.75, 3.05) is 0 Å². The highest BCUT2D eigenvalue weighted by Gasteiger charge is 2.35. The molecule has 30 heavy (non-hydrogen) atoms. The largest absolute Gasteiger partial charge is 0.388 e. The van der Waals surface area contributed by atoms with Crippen molar-refractivity contribution in [3.8, 4) is 0 Å². The van der Waals surface area contributed by atoms with Gasteiger partial charge in [0, 0.05) is 17.9 Å². The lowest BCUT2D eigenvalue weighted by Crippen LogP contribution is -2.14. The molecule has 1 unspecified atom stereocenters. The van der Waals surface area contributed by atoms with Gasteiger partial charge in [-0.2, -0.15) is 0 Å². The van der Waals surface area contributed by atoms with Gasteiger partial charge in [0.05, 0.1) is 6.10 Å². The Kier molecular flexibility index (Phi) is 7.98. The summed E-state index contributed by atoms with van der Waals surface area (Å²) in [6, 6.07) is 15.9. The second-order valence-electron chi connectivity index (χ2n) is 8.71. The van der Waals surface area contributed by atoms with Gasteiger partial charge < -0.3 is 5.11 Å². The lowest BCUT2D eigenvalue weighted by molar-refractivity contribution is -0.119. The van der Waals surface area contributed by atoms with E-state index in [0.717, 1.165) is 61.6 Å². The predicted molar refractivity (Wildman–Crippen MR) is 121 cm³/mol. The molecule has 3 rings (SSSR count). The van der Waals surface area contributed by atoms with Crippen LogP contribution >= 0.6 is 0 Å². The molecule has 1 fully saturated rings. The summed E-state index contributed by atoms with van der Waals surface area (Å²) in [5, 5.41) is 10.4. The summed E-state index contributed by atoms with van der Waals surface area (Å²) in [7, 11) is 0. The Morgan fingerprint density at radius 3 is 2.40 bits per heavy atom. The predicted octanol–water partition coefficient (Wildman–Crippen LogP) is 6.20. The van der Waals surface area contributed by atoms with Crippen LogP contribution in [0.3, 0.4) is 0 Å². The van der Waals surface area contributed by atoms with Crippen LogP contribution in [0, 0.1) is 5.92 Å². The molecule has 0 spiro atoms. The molecule has 3 nitrogen and oxygen atoms in total. The third kappa shape index (κ3) is 5.66. The molecule has 3 heteroatoms. The van der Waals surface area contributed by atoms with E-state index in [0.29, 0.717) is 18.1 Å². The number of rotatable bonds is 10. The molecule has 0 aromatic heterocycles. The van der Waals surface area contributed by atoms with Crippen LogP contribution in [0.25, 0.3) is 0 Å². The van der Waals surface area contributed by atoms with E-state index in [1.165, 1.54) is 5.56 Å². The van der Waals surface area contributed by atoms with Crippen molar-refractivity contribution in [2.24, 2.45) is 5.92 Å². The molecule has 2 aromatic carbocycles. The van der Waals surface area contributed by atoms with Crippen molar-refractivity contribution in [1.82, 2.24) is 0 Å². The van der Waals surface area contributed by atoms with Crippen molar-refractivity contribution in [3.05, 3.63) is 70.8 Å². The first-order chi connectivity index (χ1) is 14.5. The maximum absolute atomic E-state index is 12.6. The van der Waals surface area contributed by atoms with Gasteiger partial charge in [-0.15, -0.1) is 0 Å². The number of aliphatic hydroxyl groups is 1. The van der Waals surface area contributed by atoms with Gasteiger partial charge in [-0.1, -0.05) is 74.7 Å². The fourth-order valence-electron chi connectivity index (χ4n) is 4.62. The standard InChI is InChI=1S/C27H34O3/c1-3-4-5-6-25(29)22-13-15-24(16-14-22)27-23(17-18-26(27)30)12-9-20-7-10-21(11-8-20)19(2)28/h7-8,10-11,13-16,23,25,27,29H,3-6,9,12,17-18H2,1-2H3/t23-,25?,27-/m0/s1. The molecule has 1 aliphatic rings. The minimum atomic E-state index is -0.418. The first kappa shape index (κ1) is 22.4. The smallest absolute Gasteiger partial charge is 0.159 e. The molecule has 0 amide bonds. The van der Waals surface area contributed by atoms with Gasteiger partial charge in [0.25, 0.3) is 0 Å². The average Bonchev–Trinajstić information content (AvgIpc) is 3.13. The van der Waals surface area contributed by atoms with Crippen molar-refractivity contribution < 1.29 is 14.7 Å². The van der Waals surface area contributed by atoms with Crippen LogP contribution in [-0.4, -0.2) is 16.7 Å². The van der Waals surface area contributed by atoms with E-state index < -0.39 is 6.10 Å². The minimum Gasteiger partial charge on any atom is -0.388 e. The Labute approximate surface area is 180 Å². The van der Waals surface area contributed by atoms with Crippen molar-refractivity contribution >= 4 is 11.6 Å². The van der Waals surface area contributed by atoms with E-state index in [4.69, 9.17) is 0 Å². The van der Waals surface area contributed by atoms with Gasteiger partial charge >= 0.3 is 0 Å². The zero-order chi connectivity index (χ0) is 21.5. The number of hydrogen-bond acceptors (Lipinski definition) is 3. The Morgan fingerprint density at radius 1 is 1.07 bits per heavy atom. The molecule has 0 bridgehead atoms. The molecule has 160 valence electrons. The summed E-state index contributed by atoms with van der Waals surface area (Å²) in [6.45, 7) is 3.75. The third-order valence-corrected chi connectivity index (χ3v) is 6.51. The number of carbonyl (C=O) groups is 2. The van der Waals surface area contributed by atoms with Gasteiger partial charge in [-0.3, -0.25) is 9.59 Å². The van der Waals surface area contributed by atoms with E-state index in [9.17, 15) is 14.7 Å². The van der Waals surface area contributed by atoms with Crippen LogP contribution < -0.4 is 0 Å². The number of unbranched alkanes of at least 4 members (excludes halogenated alkanes) is 2. The summed E-state index contributed by atoms with van der Waals surface area (Å²) in [6.07, 6.45) is 7.19. The lowest BCUT2D eigenvalue weighted by Gasteiger charge is -2.20. The van der Waals surface area contributed by atoms with E-state index in [2.05, 4.69) is 6.92 Å². The molecule has 0 radical (unpaired) electrons. The molecule has 1 saturated carbocycles. The van der Waals surface area contributed by atoms with Crippen molar-refractivity contribution in [2.45, 2.75) is 77.2 Å². The average molecular weight is 407 g/mol. The summed E-state index contributed by atoms with van der Waals surface area (Å²) >= 11 is 0. The monoisotopic (exact) mass is 406 g/mol. The van der Waals surface area contributed by atoms with E-state index in [1.54, 1.807) is 6.92 Å². The minimum absolute atomic E-state index is 0.0345. The summed E-state index contributed by atoms with van der Waals surface area (Å²) in [5.74, 6) is 0.739. The van der Waals surface area contributed by atoms with Crippen LogP contribution in [0.4, 0.5) is 0 Å². The topological polar surface area (TPSA) is 54.4 Å². The molecule has 2 aromatic rings. The van der Waals surface area contributed by atoms with Crippen LogP contribution in [-0.2, 0) is 11.2 Å². The summed E-state index contributed by atoms with van der Waals surface area (Å²) in [5.41, 5.74) is 3.98. The van der Waals surface area contributed by atoms with E-state index in [1.807, 2.05) is 48.5 Å². The SMILES string of the molecule is CCCCCC(O)c1ccc([C@H]2C(=O)CC[C@@H]2CCc2ccc(C(C)=O)cc2)cc1. The zero-order valence-electron chi connectivity index (χ0n) is 18.3. The Morgan fingerprint density at radius 2 is 1.77 bits per heavy atom. The van der Waals surface area contributed by atoms with Crippen LogP contribution in [0.1, 0.15) is 97.9 Å². The van der Waals surface area contributed by atoms with Crippen molar-refractivity contribution in [1.29, 1.82) is 0 Å². The van der Waals surface area contributed by atoms with E-state index >= 15 is 0 Å². The number of carbonyl (C=O) groups excluding carboxylic acids is 2. The number of Topliss-reactive ketones (excluding diaryl/α,β-unsaturated/α-hetero) is 2. The molecular formula is C27H34O3. The highest BCUT2D eigenvalue weighted by molar-refractivity contribution is 5.94. The summed E-state index contributed by atoms with van der Waals surface area (Å²) < 4.78 is 0. The Balaban J connectivity index is 1.62. The number of hydrogen-bond donors (Lipinski definition) is 1. The number of aliphatic hydroxyl groups excluding tert-OH is 1. The number of aryl methyl sites for hydroxylation is 1. The van der Waals surface area contributed by atoms with Gasteiger partial charge in [0.2, 0.25) is 0 Å². The number of benzene rings is 2. The van der Waals surface area contributed by atoms with Gasteiger partial charge in [0.15, 0.2) is 5.78 Å². The molecule has 1 N–H and O–H groups in total. The van der Waals surface area contributed by atoms with Crippen LogP contribution in [0.2, 0.25) is 0 Å². The highest BCUT2D eigenvalue weighted by atomic mass is 16.3. The van der Waals surface area contributed by atoms with Gasteiger partial charge in [-0.25, -0.2) is 0 Å². The normalized spacial score (nSPS) is 19.8. The maximum atomic E-state index is 12.6.